The number of thiol groups is 1. The summed E-state index contributed by atoms with van der Waals surface area (Å²) in [6.45, 7) is 6.05. The van der Waals surface area contributed by atoms with Crippen LogP contribution in [0.1, 0.15) is 40.0 Å². The van der Waals surface area contributed by atoms with Crippen LogP contribution < -0.4 is 5.32 Å². The summed E-state index contributed by atoms with van der Waals surface area (Å²) in [6, 6.07) is 0.158. The molecule has 1 saturated carbocycles. The molecule has 112 valence electrons. The Balaban J connectivity index is 2.08. The molecule has 0 spiro atoms. The number of hydrogen-bond donors (Lipinski definition) is 3. The van der Waals surface area contributed by atoms with Gasteiger partial charge < -0.3 is 19.9 Å². The second-order valence-corrected chi connectivity index (χ2v) is 6.43. The summed E-state index contributed by atoms with van der Waals surface area (Å²) in [4.78, 5) is 11.5. The van der Waals surface area contributed by atoms with Gasteiger partial charge in [-0.25, -0.2) is 4.79 Å². The van der Waals surface area contributed by atoms with Gasteiger partial charge in [0.1, 0.15) is 5.60 Å². The number of rotatable bonds is 6. The molecule has 0 saturated heterocycles. The molecule has 1 fully saturated rings. The van der Waals surface area contributed by atoms with Crippen LogP contribution in [0, 0.1) is 5.92 Å². The molecule has 1 aliphatic carbocycles. The Morgan fingerprint density at radius 3 is 2.63 bits per heavy atom. The van der Waals surface area contributed by atoms with Crippen LogP contribution in [0.3, 0.4) is 0 Å². The van der Waals surface area contributed by atoms with Crippen LogP contribution in [0.2, 0.25) is 0 Å². The van der Waals surface area contributed by atoms with E-state index in [2.05, 4.69) is 17.9 Å². The predicted molar refractivity (Wildman–Crippen MR) is 76.3 cm³/mol. The third-order valence-corrected chi connectivity index (χ3v) is 3.12. The van der Waals surface area contributed by atoms with Gasteiger partial charge in [-0.05, 0) is 45.3 Å². The van der Waals surface area contributed by atoms with E-state index in [0.717, 1.165) is 12.8 Å². The molecule has 19 heavy (non-hydrogen) atoms. The number of carbonyl (C=O) groups is 1. The van der Waals surface area contributed by atoms with Crippen LogP contribution in [0.25, 0.3) is 0 Å². The van der Waals surface area contributed by atoms with Gasteiger partial charge in [-0.1, -0.05) is 0 Å². The van der Waals surface area contributed by atoms with Crippen molar-refractivity contribution in [3.05, 3.63) is 0 Å². The van der Waals surface area contributed by atoms with Gasteiger partial charge in [-0.3, -0.25) is 0 Å². The first-order chi connectivity index (χ1) is 8.80. The molecular formula is C13H25NO4S. The quantitative estimate of drug-likeness (QED) is 0.517. The van der Waals surface area contributed by atoms with Crippen LogP contribution in [-0.4, -0.2) is 41.5 Å². The van der Waals surface area contributed by atoms with Crippen molar-refractivity contribution in [2.45, 2.75) is 58.0 Å². The van der Waals surface area contributed by atoms with Crippen LogP contribution in [-0.2, 0) is 9.47 Å². The van der Waals surface area contributed by atoms with Crippen molar-refractivity contribution in [3.8, 4) is 0 Å². The number of amides is 1. The summed E-state index contributed by atoms with van der Waals surface area (Å²) in [5.41, 5.74) is -0.465. The van der Waals surface area contributed by atoms with Gasteiger partial charge in [0.25, 0.3) is 0 Å². The van der Waals surface area contributed by atoms with E-state index in [1.807, 2.05) is 20.8 Å². The smallest absolute Gasteiger partial charge is 0.407 e. The normalized spacial score (nSPS) is 24.5. The number of hydrogen-bond acceptors (Lipinski definition) is 5. The molecule has 0 aromatic heterocycles. The second kappa shape index (κ2) is 7.36. The molecule has 1 atom stereocenters. The summed E-state index contributed by atoms with van der Waals surface area (Å²) >= 11 is 4.03. The SMILES string of the molecule is CC(C)(C)OC(=O)NC1CC(COC(O)CCS)C1. The first-order valence-electron chi connectivity index (χ1n) is 6.70. The van der Waals surface area contributed by atoms with Crippen LogP contribution in [0.5, 0.6) is 0 Å². The van der Waals surface area contributed by atoms with E-state index >= 15 is 0 Å². The predicted octanol–water partition coefficient (Wildman–Crippen LogP) is 1.94. The lowest BCUT2D eigenvalue weighted by Gasteiger charge is -2.36. The third-order valence-electron chi connectivity index (χ3n) is 2.86. The Labute approximate surface area is 120 Å². The Hall–Kier alpha value is -0.460. The highest BCUT2D eigenvalue weighted by Crippen LogP contribution is 2.28. The number of aliphatic hydroxyl groups excluding tert-OH is 1. The molecule has 6 heteroatoms. The lowest BCUT2D eigenvalue weighted by molar-refractivity contribution is -0.118. The zero-order valence-corrected chi connectivity index (χ0v) is 12.8. The highest BCUT2D eigenvalue weighted by Gasteiger charge is 2.32. The fourth-order valence-electron chi connectivity index (χ4n) is 1.90. The number of nitrogens with one attached hydrogen (secondary N) is 1. The minimum absolute atomic E-state index is 0.158. The maximum Gasteiger partial charge on any atom is 0.407 e. The Kier molecular flexibility index (Phi) is 6.42. The van der Waals surface area contributed by atoms with E-state index in [1.54, 1.807) is 0 Å². The van der Waals surface area contributed by atoms with Crippen molar-refractivity contribution in [2.75, 3.05) is 12.4 Å². The molecule has 0 bridgehead atoms. The fraction of sp³-hybridized carbons (Fsp3) is 0.923. The molecule has 0 aromatic carbocycles. The largest absolute Gasteiger partial charge is 0.444 e. The van der Waals surface area contributed by atoms with Crippen molar-refractivity contribution in [1.82, 2.24) is 5.32 Å². The minimum Gasteiger partial charge on any atom is -0.444 e. The lowest BCUT2D eigenvalue weighted by atomic mass is 9.81. The molecule has 1 amide bonds. The Morgan fingerprint density at radius 1 is 1.47 bits per heavy atom. The van der Waals surface area contributed by atoms with Gasteiger partial charge >= 0.3 is 6.09 Å². The standard InChI is InChI=1S/C13H25NO4S/c1-13(2,3)18-12(16)14-10-6-9(7-10)8-17-11(15)4-5-19/h9-11,15,19H,4-8H2,1-3H3,(H,14,16). The summed E-state index contributed by atoms with van der Waals surface area (Å²) < 4.78 is 10.5. The summed E-state index contributed by atoms with van der Waals surface area (Å²) in [6.07, 6.45) is 1.18. The molecular weight excluding hydrogens is 266 g/mol. The molecule has 1 unspecified atom stereocenters. The van der Waals surface area contributed by atoms with Gasteiger partial charge in [0.05, 0.1) is 6.61 Å². The van der Waals surface area contributed by atoms with Gasteiger partial charge in [-0.2, -0.15) is 12.6 Å². The van der Waals surface area contributed by atoms with Crippen molar-refractivity contribution < 1.29 is 19.4 Å². The van der Waals surface area contributed by atoms with E-state index in [1.165, 1.54) is 0 Å². The highest BCUT2D eigenvalue weighted by molar-refractivity contribution is 7.80. The first kappa shape index (κ1) is 16.6. The first-order valence-corrected chi connectivity index (χ1v) is 7.33. The molecule has 1 rings (SSSR count). The Bertz CT molecular complexity index is 287. The van der Waals surface area contributed by atoms with E-state index in [4.69, 9.17) is 9.47 Å². The van der Waals surface area contributed by atoms with Crippen molar-refractivity contribution in [3.63, 3.8) is 0 Å². The van der Waals surface area contributed by atoms with Gasteiger partial charge in [0.15, 0.2) is 6.29 Å². The zero-order chi connectivity index (χ0) is 14.5. The summed E-state index contributed by atoms with van der Waals surface area (Å²) in [5, 5.41) is 12.2. The van der Waals surface area contributed by atoms with Crippen LogP contribution >= 0.6 is 12.6 Å². The fourth-order valence-corrected chi connectivity index (χ4v) is 2.13. The third kappa shape index (κ3) is 7.03. The van der Waals surface area contributed by atoms with E-state index in [0.29, 0.717) is 24.7 Å². The molecule has 0 radical (unpaired) electrons. The van der Waals surface area contributed by atoms with Crippen molar-refractivity contribution >= 4 is 18.7 Å². The van der Waals surface area contributed by atoms with Crippen molar-refractivity contribution in [2.24, 2.45) is 5.92 Å². The summed E-state index contributed by atoms with van der Waals surface area (Å²) in [7, 11) is 0. The number of aliphatic hydroxyl groups is 1. The van der Waals surface area contributed by atoms with E-state index < -0.39 is 11.9 Å². The van der Waals surface area contributed by atoms with Crippen molar-refractivity contribution in [1.29, 1.82) is 0 Å². The van der Waals surface area contributed by atoms with E-state index in [9.17, 15) is 9.90 Å². The van der Waals surface area contributed by atoms with E-state index in [-0.39, 0.29) is 12.1 Å². The van der Waals surface area contributed by atoms with Gasteiger partial charge in [0, 0.05) is 12.5 Å². The van der Waals surface area contributed by atoms with Gasteiger partial charge in [-0.15, -0.1) is 0 Å². The molecule has 0 heterocycles. The van der Waals surface area contributed by atoms with Crippen LogP contribution in [0.15, 0.2) is 0 Å². The summed E-state index contributed by atoms with van der Waals surface area (Å²) in [5.74, 6) is 1.00. The topological polar surface area (TPSA) is 67.8 Å². The average molecular weight is 291 g/mol. The molecule has 0 aliphatic heterocycles. The highest BCUT2D eigenvalue weighted by atomic mass is 32.1. The van der Waals surface area contributed by atoms with Gasteiger partial charge in [0.2, 0.25) is 0 Å². The second-order valence-electron chi connectivity index (χ2n) is 5.98. The average Bonchev–Trinajstić information content (AvgIpc) is 2.18. The maximum absolute atomic E-state index is 11.5. The number of alkyl carbamates (subject to hydrolysis) is 1. The lowest BCUT2D eigenvalue weighted by Crippen LogP contribution is -2.47. The molecule has 1 aliphatic rings. The zero-order valence-electron chi connectivity index (χ0n) is 11.9. The number of ether oxygens (including phenoxy) is 2. The molecule has 2 N–H and O–H groups in total. The monoisotopic (exact) mass is 291 g/mol. The molecule has 0 aromatic rings. The minimum atomic E-state index is -0.727. The Morgan fingerprint density at radius 2 is 2.11 bits per heavy atom. The number of carbonyl (C=O) groups excluding carboxylic acids is 1. The molecule has 5 nitrogen and oxygen atoms in total. The van der Waals surface area contributed by atoms with Crippen LogP contribution in [0.4, 0.5) is 4.79 Å². The maximum atomic E-state index is 11.5.